The number of benzene rings is 1. The van der Waals surface area contributed by atoms with Crippen LogP contribution in [0.2, 0.25) is 5.02 Å². The van der Waals surface area contributed by atoms with Crippen LogP contribution in [0.4, 0.5) is 5.69 Å². The predicted molar refractivity (Wildman–Crippen MR) is 71.0 cm³/mol. The molecular weight excluding hydrogens is 272 g/mol. The normalized spacial score (nSPS) is 11.4. The van der Waals surface area contributed by atoms with Crippen LogP contribution in [0.5, 0.6) is 0 Å². The highest BCUT2D eigenvalue weighted by Crippen LogP contribution is 2.24. The average molecular weight is 283 g/mol. The van der Waals surface area contributed by atoms with Crippen molar-refractivity contribution in [1.29, 1.82) is 0 Å². The fraction of sp³-hybridized carbons (Fsp3) is 0.0833. The smallest absolute Gasteiger partial charge is 0.184 e. The van der Waals surface area contributed by atoms with Crippen molar-refractivity contribution < 1.29 is 8.42 Å². The monoisotopic (exact) mass is 282 g/mol. The van der Waals surface area contributed by atoms with Crippen molar-refractivity contribution in [2.75, 3.05) is 5.73 Å². The van der Waals surface area contributed by atoms with Crippen molar-refractivity contribution in [3.63, 3.8) is 0 Å². The molecule has 0 bridgehead atoms. The summed E-state index contributed by atoms with van der Waals surface area (Å²) in [6, 6.07) is 7.95. The Morgan fingerprint density at radius 2 is 1.94 bits per heavy atom. The summed E-state index contributed by atoms with van der Waals surface area (Å²) >= 11 is 5.90. The van der Waals surface area contributed by atoms with E-state index in [0.29, 0.717) is 10.6 Å². The lowest BCUT2D eigenvalue weighted by molar-refractivity contribution is 0.595. The van der Waals surface area contributed by atoms with E-state index >= 15 is 0 Å². The SMILES string of the molecule is Nc1ccccc1S(=O)(=O)Cc1ccncc1Cl. The Balaban J connectivity index is 2.40. The number of nitrogens with zero attached hydrogens (tertiary/aromatic N) is 1. The number of halogens is 1. The quantitative estimate of drug-likeness (QED) is 0.877. The minimum absolute atomic E-state index is 0.123. The first-order valence-electron chi connectivity index (χ1n) is 5.16. The van der Waals surface area contributed by atoms with Gasteiger partial charge in [0.2, 0.25) is 0 Å². The van der Waals surface area contributed by atoms with Crippen molar-refractivity contribution in [3.8, 4) is 0 Å². The third-order valence-corrected chi connectivity index (χ3v) is 4.53. The molecule has 0 unspecified atom stereocenters. The van der Waals surface area contributed by atoms with Gasteiger partial charge in [-0.1, -0.05) is 23.7 Å². The zero-order chi connectivity index (χ0) is 13.2. The van der Waals surface area contributed by atoms with Gasteiger partial charge in [-0.25, -0.2) is 8.42 Å². The number of para-hydroxylation sites is 1. The van der Waals surface area contributed by atoms with Crippen molar-refractivity contribution in [2.24, 2.45) is 0 Å². The largest absolute Gasteiger partial charge is 0.398 e. The van der Waals surface area contributed by atoms with E-state index in [0.717, 1.165) is 0 Å². The first-order valence-corrected chi connectivity index (χ1v) is 7.19. The lowest BCUT2D eigenvalue weighted by atomic mass is 10.3. The van der Waals surface area contributed by atoms with Gasteiger partial charge in [0.15, 0.2) is 9.84 Å². The average Bonchev–Trinajstić information content (AvgIpc) is 2.32. The van der Waals surface area contributed by atoms with Crippen LogP contribution < -0.4 is 5.73 Å². The van der Waals surface area contributed by atoms with Gasteiger partial charge >= 0.3 is 0 Å². The number of nitrogen functional groups attached to an aromatic ring is 1. The Labute approximate surface area is 110 Å². The molecule has 6 heteroatoms. The van der Waals surface area contributed by atoms with Gasteiger partial charge in [-0.3, -0.25) is 4.98 Å². The highest BCUT2D eigenvalue weighted by atomic mass is 35.5. The second-order valence-corrected chi connectivity index (χ2v) is 6.13. The Morgan fingerprint density at radius 1 is 1.22 bits per heavy atom. The molecule has 2 rings (SSSR count). The number of nitrogens with two attached hydrogens (primary N) is 1. The molecule has 0 aliphatic rings. The molecule has 0 aliphatic carbocycles. The summed E-state index contributed by atoms with van der Waals surface area (Å²) in [4.78, 5) is 3.94. The molecule has 4 nitrogen and oxygen atoms in total. The van der Waals surface area contributed by atoms with Gasteiger partial charge in [0, 0.05) is 12.4 Å². The molecule has 1 heterocycles. The number of anilines is 1. The molecule has 1 aromatic carbocycles. The first kappa shape index (κ1) is 12.9. The zero-order valence-corrected chi connectivity index (χ0v) is 10.9. The Bertz CT molecular complexity index is 671. The molecule has 18 heavy (non-hydrogen) atoms. The molecule has 2 aromatic rings. The summed E-state index contributed by atoms with van der Waals surface area (Å²) in [6.07, 6.45) is 2.92. The van der Waals surface area contributed by atoms with Crippen LogP contribution in [0.25, 0.3) is 0 Å². The van der Waals surface area contributed by atoms with Gasteiger partial charge in [0.1, 0.15) is 0 Å². The number of aromatic nitrogens is 1. The van der Waals surface area contributed by atoms with Crippen molar-refractivity contribution in [1.82, 2.24) is 4.98 Å². The maximum absolute atomic E-state index is 12.2. The van der Waals surface area contributed by atoms with Gasteiger partial charge in [0.05, 0.1) is 21.4 Å². The summed E-state index contributed by atoms with van der Waals surface area (Å²) in [6.45, 7) is 0. The minimum Gasteiger partial charge on any atom is -0.398 e. The van der Waals surface area contributed by atoms with E-state index in [-0.39, 0.29) is 16.3 Å². The molecule has 0 saturated heterocycles. The molecule has 0 radical (unpaired) electrons. The number of pyridine rings is 1. The van der Waals surface area contributed by atoms with Crippen molar-refractivity contribution in [3.05, 3.63) is 53.3 Å². The van der Waals surface area contributed by atoms with Crippen LogP contribution in [0.15, 0.2) is 47.6 Å². The lowest BCUT2D eigenvalue weighted by Gasteiger charge is -2.08. The van der Waals surface area contributed by atoms with Crippen LogP contribution in [0, 0.1) is 0 Å². The van der Waals surface area contributed by atoms with Gasteiger partial charge in [-0.05, 0) is 23.8 Å². The van der Waals surface area contributed by atoms with Crippen LogP contribution in [0.3, 0.4) is 0 Å². The van der Waals surface area contributed by atoms with Crippen LogP contribution in [-0.4, -0.2) is 13.4 Å². The van der Waals surface area contributed by atoms with E-state index in [1.807, 2.05) is 0 Å². The Kier molecular flexibility index (Phi) is 3.54. The molecule has 0 saturated carbocycles. The number of rotatable bonds is 3. The fourth-order valence-electron chi connectivity index (χ4n) is 1.57. The van der Waals surface area contributed by atoms with Gasteiger partial charge in [0.25, 0.3) is 0 Å². The minimum atomic E-state index is -3.50. The molecule has 0 aliphatic heterocycles. The van der Waals surface area contributed by atoms with E-state index in [2.05, 4.69) is 4.98 Å². The Morgan fingerprint density at radius 3 is 2.61 bits per heavy atom. The molecule has 0 amide bonds. The number of hydrogen-bond acceptors (Lipinski definition) is 4. The summed E-state index contributed by atoms with van der Waals surface area (Å²) in [5.41, 5.74) is 6.42. The van der Waals surface area contributed by atoms with Crippen molar-refractivity contribution in [2.45, 2.75) is 10.6 Å². The van der Waals surface area contributed by atoms with E-state index < -0.39 is 9.84 Å². The molecule has 0 atom stereocenters. The number of hydrogen-bond donors (Lipinski definition) is 1. The van der Waals surface area contributed by atoms with Crippen molar-refractivity contribution >= 4 is 27.1 Å². The third kappa shape index (κ3) is 2.63. The van der Waals surface area contributed by atoms with Crippen LogP contribution in [0.1, 0.15) is 5.56 Å². The van der Waals surface area contributed by atoms with Gasteiger partial charge in [-0.2, -0.15) is 0 Å². The van der Waals surface area contributed by atoms with Crippen LogP contribution in [-0.2, 0) is 15.6 Å². The zero-order valence-electron chi connectivity index (χ0n) is 9.38. The summed E-state index contributed by atoms with van der Waals surface area (Å²) in [7, 11) is -3.50. The van der Waals surface area contributed by atoms with Crippen LogP contribution >= 0.6 is 11.6 Å². The summed E-state index contributed by atoms with van der Waals surface area (Å²) in [5.74, 6) is -0.192. The molecule has 2 N–H and O–H groups in total. The van der Waals surface area contributed by atoms with E-state index in [1.54, 1.807) is 24.3 Å². The second kappa shape index (κ2) is 4.96. The highest BCUT2D eigenvalue weighted by Gasteiger charge is 2.19. The predicted octanol–water partition coefficient (Wildman–Crippen LogP) is 2.29. The van der Waals surface area contributed by atoms with E-state index in [9.17, 15) is 8.42 Å². The van der Waals surface area contributed by atoms with E-state index in [4.69, 9.17) is 17.3 Å². The van der Waals surface area contributed by atoms with Gasteiger partial charge < -0.3 is 5.73 Å². The maximum atomic E-state index is 12.2. The standard InChI is InChI=1S/C12H11ClN2O2S/c13-10-7-15-6-5-9(10)8-18(16,17)12-4-2-1-3-11(12)14/h1-7H,8,14H2. The fourth-order valence-corrected chi connectivity index (χ4v) is 3.36. The topological polar surface area (TPSA) is 73.1 Å². The molecule has 94 valence electrons. The number of sulfone groups is 1. The molecular formula is C12H11ClN2O2S. The Hall–Kier alpha value is -1.59. The van der Waals surface area contributed by atoms with E-state index in [1.165, 1.54) is 18.5 Å². The highest BCUT2D eigenvalue weighted by molar-refractivity contribution is 7.90. The molecule has 0 fully saturated rings. The third-order valence-electron chi connectivity index (χ3n) is 2.46. The maximum Gasteiger partial charge on any atom is 0.184 e. The first-order chi connectivity index (χ1) is 8.50. The summed E-state index contributed by atoms with van der Waals surface area (Å²) in [5, 5.41) is 0.329. The lowest BCUT2D eigenvalue weighted by Crippen LogP contribution is -2.08. The molecule has 0 spiro atoms. The molecule has 1 aromatic heterocycles. The summed E-state index contributed by atoms with van der Waals surface area (Å²) < 4.78 is 24.4. The second-order valence-electron chi connectivity index (χ2n) is 3.76. The van der Waals surface area contributed by atoms with Gasteiger partial charge in [-0.15, -0.1) is 0 Å².